The summed E-state index contributed by atoms with van der Waals surface area (Å²) in [5.74, 6) is -1.82. The summed E-state index contributed by atoms with van der Waals surface area (Å²) in [5, 5.41) is 8.44. The smallest absolute Gasteiger partial charge is 0.337 e. The number of hydrogen-bond acceptors (Lipinski definition) is 2. The van der Waals surface area contributed by atoms with Gasteiger partial charge in [0.25, 0.3) is 0 Å². The van der Waals surface area contributed by atoms with Gasteiger partial charge < -0.3 is 10.8 Å². The second-order valence-corrected chi connectivity index (χ2v) is 2.04. The van der Waals surface area contributed by atoms with Crippen molar-refractivity contribution >= 4 is 24.1 Å². The van der Waals surface area contributed by atoms with Crippen molar-refractivity contribution in [3.8, 4) is 0 Å². The largest absolute Gasteiger partial charge is 0.478 e. The van der Waals surface area contributed by atoms with E-state index in [1.165, 1.54) is 6.07 Å². The van der Waals surface area contributed by atoms with Gasteiger partial charge in [0.2, 0.25) is 0 Å². The van der Waals surface area contributed by atoms with Gasteiger partial charge in [-0.15, -0.1) is 12.4 Å². The van der Waals surface area contributed by atoms with E-state index >= 15 is 0 Å². The highest BCUT2D eigenvalue weighted by molar-refractivity contribution is 5.93. The Kier molecular flexibility index (Phi) is 3.50. The molecule has 0 aliphatic carbocycles. The summed E-state index contributed by atoms with van der Waals surface area (Å²) in [4.78, 5) is 10.3. The SMILES string of the molecule is Cl.Nc1ccc(F)cc1C(=O)O. The van der Waals surface area contributed by atoms with Gasteiger partial charge in [-0.1, -0.05) is 0 Å². The van der Waals surface area contributed by atoms with Crippen LogP contribution in [0.3, 0.4) is 0 Å². The molecule has 0 aromatic heterocycles. The molecule has 0 heterocycles. The fourth-order valence-corrected chi connectivity index (χ4v) is 0.714. The normalized spacial score (nSPS) is 8.75. The van der Waals surface area contributed by atoms with Crippen LogP contribution in [0.15, 0.2) is 18.2 Å². The molecule has 0 bridgehead atoms. The van der Waals surface area contributed by atoms with E-state index in [0.717, 1.165) is 12.1 Å². The van der Waals surface area contributed by atoms with Crippen molar-refractivity contribution in [3.63, 3.8) is 0 Å². The minimum atomic E-state index is -1.22. The Morgan fingerprint density at radius 3 is 2.50 bits per heavy atom. The van der Waals surface area contributed by atoms with Crippen LogP contribution >= 0.6 is 12.4 Å². The average molecular weight is 192 g/mol. The maximum absolute atomic E-state index is 12.4. The first kappa shape index (κ1) is 10.7. The van der Waals surface area contributed by atoms with Gasteiger partial charge in [-0.25, -0.2) is 9.18 Å². The number of benzene rings is 1. The van der Waals surface area contributed by atoms with Crippen molar-refractivity contribution in [2.45, 2.75) is 0 Å². The zero-order valence-corrected chi connectivity index (χ0v) is 6.77. The lowest BCUT2D eigenvalue weighted by molar-refractivity contribution is 0.0697. The number of nitrogens with two attached hydrogens (primary N) is 1. The molecule has 12 heavy (non-hydrogen) atoms. The van der Waals surface area contributed by atoms with Gasteiger partial charge in [-0.2, -0.15) is 0 Å². The number of nitrogen functional groups attached to an aromatic ring is 1. The van der Waals surface area contributed by atoms with Crippen LogP contribution in [0.1, 0.15) is 10.4 Å². The first-order chi connectivity index (χ1) is 5.11. The monoisotopic (exact) mass is 191 g/mol. The average Bonchev–Trinajstić information content (AvgIpc) is 1.94. The van der Waals surface area contributed by atoms with Gasteiger partial charge in [-0.3, -0.25) is 0 Å². The number of carboxylic acid groups (broad SMARTS) is 1. The van der Waals surface area contributed by atoms with Gasteiger partial charge in [0.05, 0.1) is 5.56 Å². The quantitative estimate of drug-likeness (QED) is 0.662. The number of halogens is 2. The predicted octanol–water partition coefficient (Wildman–Crippen LogP) is 1.53. The van der Waals surface area contributed by atoms with Gasteiger partial charge >= 0.3 is 5.97 Å². The van der Waals surface area contributed by atoms with Crippen LogP contribution in [0, 0.1) is 5.82 Å². The van der Waals surface area contributed by atoms with Gasteiger partial charge in [0.15, 0.2) is 0 Å². The van der Waals surface area contributed by atoms with Crippen LogP contribution in [0.4, 0.5) is 10.1 Å². The number of rotatable bonds is 1. The number of hydrogen-bond donors (Lipinski definition) is 2. The standard InChI is InChI=1S/C7H6FNO2.ClH/c8-4-1-2-6(9)5(3-4)7(10)11;/h1-3H,9H2,(H,10,11);1H. The van der Waals surface area contributed by atoms with Crippen LogP contribution in [0.5, 0.6) is 0 Å². The van der Waals surface area contributed by atoms with Crippen LogP contribution < -0.4 is 5.73 Å². The molecule has 0 amide bonds. The zero-order valence-electron chi connectivity index (χ0n) is 5.95. The Morgan fingerprint density at radius 2 is 2.08 bits per heavy atom. The van der Waals surface area contributed by atoms with Crippen molar-refractivity contribution in [2.75, 3.05) is 5.73 Å². The third-order valence-electron chi connectivity index (χ3n) is 1.25. The van der Waals surface area contributed by atoms with Crippen LogP contribution in [-0.4, -0.2) is 11.1 Å². The van der Waals surface area contributed by atoms with Crippen molar-refractivity contribution in [1.29, 1.82) is 0 Å². The molecular formula is C7H7ClFNO2. The van der Waals surface area contributed by atoms with E-state index in [0.29, 0.717) is 0 Å². The van der Waals surface area contributed by atoms with E-state index in [4.69, 9.17) is 10.8 Å². The first-order valence-electron chi connectivity index (χ1n) is 2.89. The highest BCUT2D eigenvalue weighted by atomic mass is 35.5. The predicted molar refractivity (Wildman–Crippen MR) is 45.0 cm³/mol. The molecule has 3 nitrogen and oxygen atoms in total. The van der Waals surface area contributed by atoms with E-state index in [9.17, 15) is 9.18 Å². The molecule has 0 atom stereocenters. The lowest BCUT2D eigenvalue weighted by Gasteiger charge is -1.98. The Hall–Kier alpha value is -1.29. The molecule has 3 N–H and O–H groups in total. The molecule has 0 radical (unpaired) electrons. The van der Waals surface area contributed by atoms with Crippen LogP contribution in [-0.2, 0) is 0 Å². The van der Waals surface area contributed by atoms with E-state index in [1.807, 2.05) is 0 Å². The van der Waals surface area contributed by atoms with E-state index in [1.54, 1.807) is 0 Å². The van der Waals surface area contributed by atoms with E-state index in [2.05, 4.69) is 0 Å². The number of anilines is 1. The molecule has 0 fully saturated rings. The summed E-state index contributed by atoms with van der Waals surface area (Å²) in [6, 6.07) is 3.22. The summed E-state index contributed by atoms with van der Waals surface area (Å²) in [5.41, 5.74) is 5.11. The van der Waals surface area contributed by atoms with Gasteiger partial charge in [0, 0.05) is 5.69 Å². The third-order valence-corrected chi connectivity index (χ3v) is 1.25. The summed E-state index contributed by atoms with van der Waals surface area (Å²) in [6.45, 7) is 0. The van der Waals surface area contributed by atoms with E-state index < -0.39 is 11.8 Å². The maximum atomic E-state index is 12.4. The summed E-state index contributed by atoms with van der Waals surface area (Å²) < 4.78 is 12.4. The summed E-state index contributed by atoms with van der Waals surface area (Å²) in [7, 11) is 0. The molecule has 0 unspecified atom stereocenters. The van der Waals surface area contributed by atoms with E-state index in [-0.39, 0.29) is 23.7 Å². The number of aromatic carboxylic acids is 1. The molecule has 0 spiro atoms. The Morgan fingerprint density at radius 1 is 1.50 bits per heavy atom. The lowest BCUT2D eigenvalue weighted by atomic mass is 10.2. The second kappa shape index (κ2) is 3.92. The van der Waals surface area contributed by atoms with Crippen molar-refractivity contribution in [2.24, 2.45) is 0 Å². The minimum absolute atomic E-state index is 0. The highest BCUT2D eigenvalue weighted by Gasteiger charge is 2.07. The summed E-state index contributed by atoms with van der Waals surface area (Å²) >= 11 is 0. The molecule has 5 heteroatoms. The number of carboxylic acids is 1. The van der Waals surface area contributed by atoms with Crippen molar-refractivity contribution in [3.05, 3.63) is 29.6 Å². The molecule has 0 saturated heterocycles. The first-order valence-corrected chi connectivity index (χ1v) is 2.89. The molecule has 66 valence electrons. The molecule has 0 saturated carbocycles. The highest BCUT2D eigenvalue weighted by Crippen LogP contribution is 2.12. The Balaban J connectivity index is 0.00000121. The Labute approximate surface area is 74.4 Å². The van der Waals surface area contributed by atoms with Crippen molar-refractivity contribution in [1.82, 2.24) is 0 Å². The molecular weight excluding hydrogens is 185 g/mol. The van der Waals surface area contributed by atoms with Gasteiger partial charge in [0.1, 0.15) is 5.82 Å². The zero-order chi connectivity index (χ0) is 8.43. The summed E-state index contributed by atoms with van der Waals surface area (Å²) in [6.07, 6.45) is 0. The van der Waals surface area contributed by atoms with Crippen LogP contribution in [0.2, 0.25) is 0 Å². The van der Waals surface area contributed by atoms with Crippen molar-refractivity contribution < 1.29 is 14.3 Å². The molecule has 1 rings (SSSR count). The minimum Gasteiger partial charge on any atom is -0.478 e. The molecule has 1 aromatic carbocycles. The second-order valence-electron chi connectivity index (χ2n) is 2.04. The number of carbonyl (C=O) groups is 1. The topological polar surface area (TPSA) is 63.3 Å². The Bertz CT molecular complexity index is 303. The molecule has 1 aromatic rings. The van der Waals surface area contributed by atoms with Crippen LogP contribution in [0.25, 0.3) is 0 Å². The fourth-order valence-electron chi connectivity index (χ4n) is 0.714. The maximum Gasteiger partial charge on any atom is 0.337 e. The van der Waals surface area contributed by atoms with Gasteiger partial charge in [-0.05, 0) is 18.2 Å². The third kappa shape index (κ3) is 2.10. The lowest BCUT2D eigenvalue weighted by Crippen LogP contribution is -2.02. The molecule has 0 aliphatic rings. The fraction of sp³-hybridized carbons (Fsp3) is 0. The molecule has 0 aliphatic heterocycles.